The molecule has 1 aliphatic carbocycles. The quantitative estimate of drug-likeness (QED) is 0.794. The SMILES string of the molecule is O=C1NCCc2ccc(C(Cl)C3CCCCCCC3)cc21. The van der Waals surface area contributed by atoms with E-state index in [2.05, 4.69) is 17.4 Å². The molecule has 2 nitrogen and oxygen atoms in total. The first-order valence-corrected chi connectivity index (χ1v) is 8.74. The number of carbonyl (C=O) groups is 1. The highest BCUT2D eigenvalue weighted by Gasteiger charge is 2.24. The summed E-state index contributed by atoms with van der Waals surface area (Å²) < 4.78 is 0. The molecule has 1 atom stereocenters. The van der Waals surface area contributed by atoms with Crippen molar-refractivity contribution >= 4 is 17.5 Å². The number of benzene rings is 1. The van der Waals surface area contributed by atoms with Crippen molar-refractivity contribution in [1.82, 2.24) is 5.32 Å². The number of nitrogens with one attached hydrogen (secondary N) is 1. The van der Waals surface area contributed by atoms with Crippen molar-refractivity contribution in [3.8, 4) is 0 Å². The maximum Gasteiger partial charge on any atom is 0.251 e. The predicted molar refractivity (Wildman–Crippen MR) is 86.9 cm³/mol. The number of amides is 1. The topological polar surface area (TPSA) is 29.1 Å². The van der Waals surface area contributed by atoms with Crippen LogP contribution in [0.1, 0.15) is 71.8 Å². The van der Waals surface area contributed by atoms with Gasteiger partial charge < -0.3 is 5.32 Å². The van der Waals surface area contributed by atoms with E-state index >= 15 is 0 Å². The predicted octanol–water partition coefficient (Wildman–Crippen LogP) is 4.61. The second-order valence-electron chi connectivity index (χ2n) is 6.43. The van der Waals surface area contributed by atoms with Gasteiger partial charge in [-0.1, -0.05) is 44.2 Å². The van der Waals surface area contributed by atoms with Crippen molar-refractivity contribution in [2.75, 3.05) is 6.54 Å². The minimum absolute atomic E-state index is 0.0446. The number of carbonyl (C=O) groups excluding carboxylic acids is 1. The molecule has 114 valence electrons. The van der Waals surface area contributed by atoms with Gasteiger partial charge in [0.25, 0.3) is 5.91 Å². The van der Waals surface area contributed by atoms with Gasteiger partial charge in [0.2, 0.25) is 0 Å². The van der Waals surface area contributed by atoms with Gasteiger partial charge in [-0.3, -0.25) is 4.79 Å². The molecule has 3 rings (SSSR count). The van der Waals surface area contributed by atoms with Crippen LogP contribution < -0.4 is 5.32 Å². The zero-order valence-corrected chi connectivity index (χ0v) is 13.3. The Balaban J connectivity index is 1.78. The van der Waals surface area contributed by atoms with E-state index in [1.54, 1.807) is 0 Å². The molecule has 0 saturated heterocycles. The van der Waals surface area contributed by atoms with Crippen LogP contribution >= 0.6 is 11.6 Å². The minimum Gasteiger partial charge on any atom is -0.352 e. The lowest BCUT2D eigenvalue weighted by Gasteiger charge is -2.26. The van der Waals surface area contributed by atoms with Gasteiger partial charge >= 0.3 is 0 Å². The molecule has 1 unspecified atom stereocenters. The highest BCUT2D eigenvalue weighted by Crippen LogP contribution is 2.38. The Morgan fingerprint density at radius 3 is 2.57 bits per heavy atom. The number of alkyl halides is 1. The van der Waals surface area contributed by atoms with Crippen LogP contribution in [-0.2, 0) is 6.42 Å². The Bertz CT molecular complexity index is 506. The molecule has 1 amide bonds. The summed E-state index contributed by atoms with van der Waals surface area (Å²) in [5, 5.41) is 2.96. The fourth-order valence-corrected chi connectivity index (χ4v) is 4.04. The Kier molecular flexibility index (Phi) is 4.84. The van der Waals surface area contributed by atoms with Crippen LogP contribution in [0.5, 0.6) is 0 Å². The Morgan fingerprint density at radius 2 is 1.81 bits per heavy atom. The van der Waals surface area contributed by atoms with Crippen molar-refractivity contribution in [3.05, 3.63) is 34.9 Å². The molecule has 1 aromatic carbocycles. The largest absolute Gasteiger partial charge is 0.352 e. The summed E-state index contributed by atoms with van der Waals surface area (Å²) >= 11 is 6.77. The minimum atomic E-state index is 0.0446. The fraction of sp³-hybridized carbons (Fsp3) is 0.611. The lowest BCUT2D eigenvalue weighted by Crippen LogP contribution is -2.31. The van der Waals surface area contributed by atoms with Gasteiger partial charge in [0.1, 0.15) is 0 Å². The van der Waals surface area contributed by atoms with Crippen LogP contribution in [-0.4, -0.2) is 12.5 Å². The summed E-state index contributed by atoms with van der Waals surface area (Å²) in [6.07, 6.45) is 10.0. The van der Waals surface area contributed by atoms with E-state index in [-0.39, 0.29) is 11.3 Å². The smallest absolute Gasteiger partial charge is 0.251 e. The van der Waals surface area contributed by atoms with Crippen LogP contribution in [0.2, 0.25) is 0 Å². The van der Waals surface area contributed by atoms with Crippen molar-refractivity contribution in [3.63, 3.8) is 0 Å². The molecule has 1 N–H and O–H groups in total. The molecule has 21 heavy (non-hydrogen) atoms. The van der Waals surface area contributed by atoms with Crippen molar-refractivity contribution in [2.45, 2.75) is 56.7 Å². The van der Waals surface area contributed by atoms with E-state index in [1.165, 1.54) is 44.9 Å². The van der Waals surface area contributed by atoms with Gasteiger partial charge in [0.15, 0.2) is 0 Å². The van der Waals surface area contributed by atoms with Crippen LogP contribution in [0.15, 0.2) is 18.2 Å². The average Bonchev–Trinajstić information content (AvgIpc) is 2.46. The van der Waals surface area contributed by atoms with Crippen LogP contribution in [0.3, 0.4) is 0 Å². The molecular formula is C18H24ClNO. The molecule has 0 radical (unpaired) electrons. The zero-order valence-electron chi connectivity index (χ0n) is 12.5. The van der Waals surface area contributed by atoms with Crippen molar-refractivity contribution in [1.29, 1.82) is 0 Å². The molecule has 1 aromatic rings. The lowest BCUT2D eigenvalue weighted by atomic mass is 9.85. The standard InChI is InChI=1S/C18H24ClNO/c19-17(14-6-4-2-1-3-5-7-14)15-9-8-13-10-11-20-18(21)16(13)12-15/h8-9,12,14,17H,1-7,10-11H2,(H,20,21). The first-order valence-electron chi connectivity index (χ1n) is 8.31. The van der Waals surface area contributed by atoms with Gasteiger partial charge in [-0.15, -0.1) is 11.6 Å². The number of fused-ring (bicyclic) bond motifs is 1. The van der Waals surface area contributed by atoms with Gasteiger partial charge in [-0.2, -0.15) is 0 Å². The van der Waals surface area contributed by atoms with Crippen LogP contribution in [0.4, 0.5) is 0 Å². The van der Waals surface area contributed by atoms with E-state index in [1.807, 2.05) is 6.07 Å². The van der Waals surface area contributed by atoms with Gasteiger partial charge in [0, 0.05) is 12.1 Å². The van der Waals surface area contributed by atoms with Crippen molar-refractivity contribution < 1.29 is 4.79 Å². The summed E-state index contributed by atoms with van der Waals surface area (Å²) in [6, 6.07) is 6.26. The Labute approximate surface area is 132 Å². The van der Waals surface area contributed by atoms with E-state index in [9.17, 15) is 4.79 Å². The lowest BCUT2D eigenvalue weighted by molar-refractivity contribution is 0.0946. The van der Waals surface area contributed by atoms with E-state index in [0.29, 0.717) is 5.92 Å². The van der Waals surface area contributed by atoms with E-state index in [4.69, 9.17) is 11.6 Å². The van der Waals surface area contributed by atoms with Crippen LogP contribution in [0, 0.1) is 5.92 Å². The monoisotopic (exact) mass is 305 g/mol. The third-order valence-corrected chi connectivity index (χ3v) is 5.55. The molecular weight excluding hydrogens is 282 g/mol. The third-order valence-electron chi connectivity index (χ3n) is 4.94. The first kappa shape index (κ1) is 14.9. The molecule has 0 aromatic heterocycles. The molecule has 0 spiro atoms. The molecule has 2 aliphatic rings. The molecule has 1 fully saturated rings. The Morgan fingerprint density at radius 1 is 1.10 bits per heavy atom. The summed E-state index contributed by atoms with van der Waals surface area (Å²) in [4.78, 5) is 12.0. The normalized spacial score (nSPS) is 21.9. The number of hydrogen-bond donors (Lipinski definition) is 1. The maximum absolute atomic E-state index is 12.0. The highest BCUT2D eigenvalue weighted by atomic mass is 35.5. The second kappa shape index (κ2) is 6.83. The summed E-state index contributed by atoms with van der Waals surface area (Å²) in [7, 11) is 0. The highest BCUT2D eigenvalue weighted by molar-refractivity contribution is 6.21. The van der Waals surface area contributed by atoms with Crippen LogP contribution in [0.25, 0.3) is 0 Å². The number of rotatable bonds is 2. The molecule has 1 saturated carbocycles. The van der Waals surface area contributed by atoms with E-state index < -0.39 is 0 Å². The van der Waals surface area contributed by atoms with Crippen molar-refractivity contribution in [2.24, 2.45) is 5.92 Å². The zero-order chi connectivity index (χ0) is 14.7. The third kappa shape index (κ3) is 3.42. The van der Waals surface area contributed by atoms with Gasteiger partial charge in [-0.25, -0.2) is 0 Å². The first-order chi connectivity index (χ1) is 10.3. The molecule has 0 bridgehead atoms. The molecule has 1 heterocycles. The fourth-order valence-electron chi connectivity index (χ4n) is 3.65. The number of hydrogen-bond acceptors (Lipinski definition) is 1. The molecule has 1 aliphatic heterocycles. The number of halogens is 1. The second-order valence-corrected chi connectivity index (χ2v) is 6.90. The summed E-state index contributed by atoms with van der Waals surface area (Å²) in [5.74, 6) is 0.608. The summed E-state index contributed by atoms with van der Waals surface area (Å²) in [5.41, 5.74) is 3.11. The summed E-state index contributed by atoms with van der Waals surface area (Å²) in [6.45, 7) is 0.748. The molecule has 3 heteroatoms. The average molecular weight is 306 g/mol. The van der Waals surface area contributed by atoms with E-state index in [0.717, 1.165) is 29.7 Å². The van der Waals surface area contributed by atoms with Gasteiger partial charge in [-0.05, 0) is 42.4 Å². The Hall–Kier alpha value is -1.02. The maximum atomic E-state index is 12.0. The van der Waals surface area contributed by atoms with Gasteiger partial charge in [0.05, 0.1) is 5.38 Å².